The first kappa shape index (κ1) is 18.8. The van der Waals surface area contributed by atoms with Crippen LogP contribution in [-0.2, 0) is 9.53 Å². The highest BCUT2D eigenvalue weighted by Gasteiger charge is 2.27. The summed E-state index contributed by atoms with van der Waals surface area (Å²) in [7, 11) is 0. The molecule has 7 heteroatoms. The molecule has 0 heterocycles. The van der Waals surface area contributed by atoms with E-state index in [4.69, 9.17) is 20.9 Å². The topological polar surface area (TPSA) is 117 Å². The molecule has 0 bridgehead atoms. The molecule has 0 atom stereocenters. The first-order chi connectivity index (χ1) is 12.0. The highest BCUT2D eigenvalue weighted by atomic mass is 16.5. The Labute approximate surface area is 147 Å². The van der Waals surface area contributed by atoms with Crippen LogP contribution in [0.5, 0.6) is 5.75 Å². The maximum atomic E-state index is 12.3. The molecule has 1 aromatic rings. The average Bonchev–Trinajstić information content (AvgIpc) is 2.61. The van der Waals surface area contributed by atoms with Crippen LogP contribution < -0.4 is 16.2 Å². The summed E-state index contributed by atoms with van der Waals surface area (Å²) in [6.45, 7) is 2.68. The molecule has 4 N–H and O–H groups in total. The molecule has 0 saturated heterocycles. The van der Waals surface area contributed by atoms with Crippen molar-refractivity contribution in [3.05, 3.63) is 29.8 Å². The number of rotatable bonds is 6. The fourth-order valence-corrected chi connectivity index (χ4v) is 2.89. The van der Waals surface area contributed by atoms with Gasteiger partial charge in [0.25, 0.3) is 0 Å². The summed E-state index contributed by atoms with van der Waals surface area (Å²) in [6, 6.07) is 6.39. The van der Waals surface area contributed by atoms with E-state index in [1.165, 1.54) is 0 Å². The van der Waals surface area contributed by atoms with Crippen molar-refractivity contribution in [2.75, 3.05) is 13.2 Å². The number of nitrogens with two attached hydrogens (primary N) is 2. The molecule has 0 aliphatic heterocycles. The van der Waals surface area contributed by atoms with Crippen molar-refractivity contribution < 1.29 is 19.1 Å². The molecule has 0 unspecified atom stereocenters. The molecule has 1 aliphatic carbocycles. The number of hydrogen-bond donors (Lipinski definition) is 2. The first-order valence-electron chi connectivity index (χ1n) is 8.53. The van der Waals surface area contributed by atoms with Crippen LogP contribution in [-0.4, -0.2) is 31.0 Å². The second-order valence-electron chi connectivity index (χ2n) is 6.15. The van der Waals surface area contributed by atoms with Crippen molar-refractivity contribution in [2.45, 2.75) is 32.6 Å². The van der Waals surface area contributed by atoms with Crippen molar-refractivity contribution in [3.63, 3.8) is 0 Å². The van der Waals surface area contributed by atoms with Crippen molar-refractivity contribution in [1.29, 1.82) is 0 Å². The molecule has 0 amide bonds. The minimum atomic E-state index is -0.389. The molecule has 2 rings (SSSR count). The fourth-order valence-electron chi connectivity index (χ4n) is 2.89. The van der Waals surface area contributed by atoms with Gasteiger partial charge >= 0.3 is 11.9 Å². The second kappa shape index (κ2) is 9.05. The number of carbonyl (C=O) groups excluding carboxylic acids is 2. The second-order valence-corrected chi connectivity index (χ2v) is 6.15. The monoisotopic (exact) mass is 347 g/mol. The Bertz CT molecular complexity index is 616. The third kappa shape index (κ3) is 5.77. The molecule has 1 aliphatic rings. The lowest BCUT2D eigenvalue weighted by Crippen LogP contribution is -2.28. The zero-order valence-electron chi connectivity index (χ0n) is 14.4. The Morgan fingerprint density at radius 2 is 1.76 bits per heavy atom. The van der Waals surface area contributed by atoms with Crippen LogP contribution in [0.15, 0.2) is 29.3 Å². The lowest BCUT2D eigenvalue weighted by molar-refractivity contribution is -0.140. The van der Waals surface area contributed by atoms with Gasteiger partial charge in [0.15, 0.2) is 5.96 Å². The summed E-state index contributed by atoms with van der Waals surface area (Å²) in [5.74, 6) is 0.215. The minimum Gasteiger partial charge on any atom is -0.462 e. The molecule has 136 valence electrons. The van der Waals surface area contributed by atoms with Gasteiger partial charge in [0.1, 0.15) is 5.75 Å². The molecule has 0 aromatic heterocycles. The van der Waals surface area contributed by atoms with Crippen molar-refractivity contribution in [3.8, 4) is 5.75 Å². The van der Waals surface area contributed by atoms with Crippen LogP contribution in [0.2, 0.25) is 0 Å². The average molecular weight is 347 g/mol. The zero-order chi connectivity index (χ0) is 18.2. The highest BCUT2D eigenvalue weighted by Crippen LogP contribution is 2.30. The number of ether oxygens (including phenoxy) is 2. The maximum absolute atomic E-state index is 12.3. The zero-order valence-corrected chi connectivity index (χ0v) is 14.4. The summed E-state index contributed by atoms with van der Waals surface area (Å²) >= 11 is 0. The Hall–Kier alpha value is -2.57. The van der Waals surface area contributed by atoms with E-state index in [1.54, 1.807) is 31.2 Å². The van der Waals surface area contributed by atoms with E-state index in [1.807, 2.05) is 0 Å². The van der Waals surface area contributed by atoms with E-state index in [0.717, 1.165) is 25.7 Å². The van der Waals surface area contributed by atoms with Crippen LogP contribution in [0.1, 0.15) is 43.0 Å². The molecule has 1 saturated carbocycles. The SMILES string of the molecule is CCOC(=O)c1ccc(OC(=O)C2CCC(CN=C(N)N)CC2)cc1. The Morgan fingerprint density at radius 1 is 1.12 bits per heavy atom. The predicted octanol–water partition coefficient (Wildman–Crippen LogP) is 1.85. The Kier molecular flexibility index (Phi) is 6.80. The van der Waals surface area contributed by atoms with Gasteiger partial charge in [0.05, 0.1) is 18.1 Å². The third-order valence-corrected chi connectivity index (χ3v) is 4.30. The van der Waals surface area contributed by atoms with E-state index in [9.17, 15) is 9.59 Å². The summed E-state index contributed by atoms with van der Waals surface area (Å²) in [5.41, 5.74) is 11.1. The number of hydrogen-bond acceptors (Lipinski definition) is 5. The molecule has 25 heavy (non-hydrogen) atoms. The predicted molar refractivity (Wildman–Crippen MR) is 94.2 cm³/mol. The fraction of sp³-hybridized carbons (Fsp3) is 0.500. The van der Waals surface area contributed by atoms with Gasteiger partial charge < -0.3 is 20.9 Å². The van der Waals surface area contributed by atoms with E-state index < -0.39 is 0 Å². The van der Waals surface area contributed by atoms with Crippen molar-refractivity contribution >= 4 is 17.9 Å². The number of benzene rings is 1. The summed E-state index contributed by atoms with van der Waals surface area (Å²) in [6.07, 6.45) is 3.34. The van der Waals surface area contributed by atoms with Gasteiger partial charge in [-0.15, -0.1) is 0 Å². The van der Waals surface area contributed by atoms with Crippen LogP contribution in [0.25, 0.3) is 0 Å². The van der Waals surface area contributed by atoms with Gasteiger partial charge in [-0.1, -0.05) is 0 Å². The number of nitrogens with zero attached hydrogens (tertiary/aromatic N) is 1. The quantitative estimate of drug-likeness (QED) is 0.351. The maximum Gasteiger partial charge on any atom is 0.338 e. The Balaban J connectivity index is 1.82. The lowest BCUT2D eigenvalue weighted by Gasteiger charge is -2.26. The standard InChI is InChI=1S/C18H25N3O4/c1-2-24-16(22)13-7-9-15(10-8-13)25-17(23)14-5-3-12(4-6-14)11-21-18(19)20/h7-10,12,14H,2-6,11H2,1H3,(H4,19,20,21). The minimum absolute atomic E-state index is 0.104. The van der Waals surface area contributed by atoms with E-state index in [-0.39, 0.29) is 23.8 Å². The van der Waals surface area contributed by atoms with Gasteiger partial charge in [0, 0.05) is 6.54 Å². The molecular formula is C18H25N3O4. The van der Waals surface area contributed by atoms with Crippen LogP contribution in [0.4, 0.5) is 0 Å². The molecule has 0 spiro atoms. The van der Waals surface area contributed by atoms with Gasteiger partial charge in [-0.3, -0.25) is 9.79 Å². The number of esters is 2. The van der Waals surface area contributed by atoms with E-state index in [2.05, 4.69) is 4.99 Å². The highest BCUT2D eigenvalue weighted by molar-refractivity contribution is 5.89. The van der Waals surface area contributed by atoms with Gasteiger partial charge in [-0.25, -0.2) is 4.79 Å². The smallest absolute Gasteiger partial charge is 0.338 e. The number of aliphatic imine (C=N–C) groups is 1. The van der Waals surface area contributed by atoms with Gasteiger partial charge in [-0.05, 0) is 62.8 Å². The van der Waals surface area contributed by atoms with Crippen LogP contribution >= 0.6 is 0 Å². The molecule has 0 radical (unpaired) electrons. The Morgan fingerprint density at radius 3 is 2.32 bits per heavy atom. The summed E-state index contributed by atoms with van der Waals surface area (Å²) in [4.78, 5) is 27.9. The molecular weight excluding hydrogens is 322 g/mol. The van der Waals surface area contributed by atoms with Crippen LogP contribution in [0.3, 0.4) is 0 Å². The van der Waals surface area contributed by atoms with E-state index in [0.29, 0.717) is 30.4 Å². The lowest BCUT2D eigenvalue weighted by atomic mass is 9.82. The number of carbonyl (C=O) groups is 2. The normalized spacial score (nSPS) is 19.7. The molecule has 1 aromatic carbocycles. The van der Waals surface area contributed by atoms with Crippen molar-refractivity contribution in [2.24, 2.45) is 28.3 Å². The molecule has 7 nitrogen and oxygen atoms in total. The number of guanidine groups is 1. The largest absolute Gasteiger partial charge is 0.462 e. The van der Waals surface area contributed by atoms with Crippen molar-refractivity contribution in [1.82, 2.24) is 0 Å². The van der Waals surface area contributed by atoms with Gasteiger partial charge in [-0.2, -0.15) is 0 Å². The summed E-state index contributed by atoms with van der Waals surface area (Å²) < 4.78 is 10.3. The summed E-state index contributed by atoms with van der Waals surface area (Å²) in [5, 5.41) is 0. The van der Waals surface area contributed by atoms with E-state index >= 15 is 0 Å². The first-order valence-corrected chi connectivity index (χ1v) is 8.53. The third-order valence-electron chi connectivity index (χ3n) is 4.30. The van der Waals surface area contributed by atoms with Crippen LogP contribution in [0, 0.1) is 11.8 Å². The molecule has 1 fully saturated rings. The van der Waals surface area contributed by atoms with Gasteiger partial charge in [0.2, 0.25) is 0 Å².